The predicted octanol–water partition coefficient (Wildman–Crippen LogP) is 4.82. The third-order valence-electron chi connectivity index (χ3n) is 8.20. The van der Waals surface area contributed by atoms with Crippen molar-refractivity contribution < 1.29 is 18.3 Å². The molecule has 3 fully saturated rings. The van der Waals surface area contributed by atoms with Gasteiger partial charge in [-0.05, 0) is 70.2 Å². The summed E-state index contributed by atoms with van der Waals surface area (Å²) in [5.74, 6) is 1.22. The zero-order valence-electron chi connectivity index (χ0n) is 23.0. The molecular formula is C29H39F2N7O2. The van der Waals surface area contributed by atoms with Crippen molar-refractivity contribution in [1.29, 1.82) is 0 Å². The Labute approximate surface area is 233 Å². The van der Waals surface area contributed by atoms with E-state index in [0.717, 1.165) is 45.3 Å². The van der Waals surface area contributed by atoms with Gasteiger partial charge in [-0.1, -0.05) is 12.1 Å². The molecule has 1 saturated carbocycles. The first kappa shape index (κ1) is 27.3. The molecule has 0 radical (unpaired) electrons. The maximum Gasteiger partial charge on any atom is 0.296 e. The quantitative estimate of drug-likeness (QED) is 0.357. The molecule has 1 aliphatic carbocycles. The van der Waals surface area contributed by atoms with Crippen molar-refractivity contribution in [3.05, 3.63) is 36.2 Å². The number of hydrogen-bond donors (Lipinski definition) is 1. The fourth-order valence-corrected chi connectivity index (χ4v) is 6.07. The number of imidazole rings is 1. The molecule has 0 atom stereocenters. The van der Waals surface area contributed by atoms with Crippen LogP contribution in [0.3, 0.4) is 0 Å². The van der Waals surface area contributed by atoms with Crippen LogP contribution in [-0.2, 0) is 9.47 Å². The van der Waals surface area contributed by atoms with Gasteiger partial charge in [-0.2, -0.15) is 9.97 Å². The first-order valence-corrected chi connectivity index (χ1v) is 14.7. The molecular weight excluding hydrogens is 516 g/mol. The number of para-hydroxylation sites is 2. The van der Waals surface area contributed by atoms with Crippen molar-refractivity contribution in [2.45, 2.75) is 63.5 Å². The van der Waals surface area contributed by atoms with Gasteiger partial charge in [0.05, 0.1) is 30.4 Å². The minimum Gasteiger partial charge on any atom is -0.378 e. The van der Waals surface area contributed by atoms with Gasteiger partial charge in [0.15, 0.2) is 5.82 Å². The highest BCUT2D eigenvalue weighted by molar-refractivity contribution is 5.78. The Bertz CT molecular complexity index is 1250. The average Bonchev–Trinajstić information content (AvgIpc) is 3.65. The molecule has 1 aromatic carbocycles. The summed E-state index contributed by atoms with van der Waals surface area (Å²) in [5.41, 5.74) is 1.11. The van der Waals surface area contributed by atoms with Crippen LogP contribution in [-0.4, -0.2) is 89.1 Å². The van der Waals surface area contributed by atoms with E-state index in [1.165, 1.54) is 30.5 Å². The molecule has 3 aliphatic rings. The summed E-state index contributed by atoms with van der Waals surface area (Å²) < 4.78 is 41.4. The number of alkyl halides is 2. The zero-order chi connectivity index (χ0) is 27.3. The molecule has 2 aliphatic heterocycles. The van der Waals surface area contributed by atoms with Gasteiger partial charge in [0.2, 0.25) is 5.95 Å². The topological polar surface area (TPSA) is 80.6 Å². The normalized spacial score (nSPS) is 22.4. The Morgan fingerprint density at radius 3 is 2.52 bits per heavy atom. The summed E-state index contributed by atoms with van der Waals surface area (Å²) in [4.78, 5) is 18.4. The SMILES string of the molecule is FC(F)c1nc2ccccc2n1-c1cc(N[C@H]2CC[C@H](OCCCN3CCCC3)CC2)nc(N2CCOCC2)n1. The highest BCUT2D eigenvalue weighted by atomic mass is 19.3. The van der Waals surface area contributed by atoms with Gasteiger partial charge < -0.3 is 24.6 Å². The Morgan fingerprint density at radius 2 is 1.75 bits per heavy atom. The lowest BCUT2D eigenvalue weighted by atomic mass is 9.93. The van der Waals surface area contributed by atoms with Crippen molar-refractivity contribution in [3.8, 4) is 5.82 Å². The lowest BCUT2D eigenvalue weighted by Crippen LogP contribution is -2.38. The number of halogens is 2. The van der Waals surface area contributed by atoms with E-state index in [9.17, 15) is 8.78 Å². The maximum atomic E-state index is 14.1. The van der Waals surface area contributed by atoms with Crippen molar-refractivity contribution in [2.24, 2.45) is 0 Å². The molecule has 2 saturated heterocycles. The lowest BCUT2D eigenvalue weighted by Gasteiger charge is -2.31. The van der Waals surface area contributed by atoms with Crippen LogP contribution in [0.1, 0.15) is 57.2 Å². The zero-order valence-corrected chi connectivity index (χ0v) is 23.0. The van der Waals surface area contributed by atoms with E-state index in [4.69, 9.17) is 19.4 Å². The van der Waals surface area contributed by atoms with Crippen LogP contribution in [0.4, 0.5) is 20.5 Å². The summed E-state index contributed by atoms with van der Waals surface area (Å²) in [5, 5.41) is 3.59. The van der Waals surface area contributed by atoms with E-state index < -0.39 is 6.43 Å². The minimum absolute atomic E-state index is 0.235. The monoisotopic (exact) mass is 555 g/mol. The molecule has 6 rings (SSSR count). The average molecular weight is 556 g/mol. The molecule has 11 heteroatoms. The van der Waals surface area contributed by atoms with Gasteiger partial charge in [0.1, 0.15) is 11.6 Å². The van der Waals surface area contributed by atoms with Gasteiger partial charge in [-0.3, -0.25) is 4.57 Å². The third kappa shape index (κ3) is 6.37. The van der Waals surface area contributed by atoms with E-state index in [1.54, 1.807) is 24.3 Å². The van der Waals surface area contributed by atoms with Crippen LogP contribution in [0.2, 0.25) is 0 Å². The number of rotatable bonds is 10. The van der Waals surface area contributed by atoms with E-state index >= 15 is 0 Å². The number of nitrogens with zero attached hydrogens (tertiary/aromatic N) is 6. The Morgan fingerprint density at radius 1 is 0.975 bits per heavy atom. The van der Waals surface area contributed by atoms with Gasteiger partial charge >= 0.3 is 0 Å². The number of benzene rings is 1. The molecule has 216 valence electrons. The summed E-state index contributed by atoms with van der Waals surface area (Å²) in [6.45, 7) is 6.87. The second-order valence-corrected chi connectivity index (χ2v) is 11.0. The fraction of sp³-hybridized carbons (Fsp3) is 0.621. The predicted molar refractivity (Wildman–Crippen MR) is 151 cm³/mol. The minimum atomic E-state index is -2.74. The molecule has 0 spiro atoms. The molecule has 1 N–H and O–H groups in total. The number of hydrogen-bond acceptors (Lipinski definition) is 8. The van der Waals surface area contributed by atoms with E-state index in [1.807, 2.05) is 11.0 Å². The largest absolute Gasteiger partial charge is 0.378 e. The van der Waals surface area contributed by atoms with Crippen LogP contribution >= 0.6 is 0 Å². The lowest BCUT2D eigenvalue weighted by molar-refractivity contribution is 0.0223. The molecule has 2 aromatic heterocycles. The number of likely N-dealkylation sites (tertiary alicyclic amines) is 1. The number of morpholine rings is 1. The maximum absolute atomic E-state index is 14.1. The third-order valence-corrected chi connectivity index (χ3v) is 8.20. The van der Waals surface area contributed by atoms with Gasteiger partial charge in [-0.15, -0.1) is 0 Å². The van der Waals surface area contributed by atoms with Crippen LogP contribution in [0.25, 0.3) is 16.9 Å². The summed E-state index contributed by atoms with van der Waals surface area (Å²) in [6.07, 6.45) is 5.24. The molecule has 3 aromatic rings. The van der Waals surface area contributed by atoms with Crippen molar-refractivity contribution >= 4 is 22.8 Å². The molecule has 40 heavy (non-hydrogen) atoms. The second-order valence-electron chi connectivity index (χ2n) is 11.0. The summed E-state index contributed by atoms with van der Waals surface area (Å²) in [6, 6.07) is 9.17. The Kier molecular flexibility index (Phi) is 8.69. The van der Waals surface area contributed by atoms with Gasteiger partial charge in [0, 0.05) is 38.3 Å². The highest BCUT2D eigenvalue weighted by Crippen LogP contribution is 2.30. The van der Waals surface area contributed by atoms with Crippen LogP contribution in [0.15, 0.2) is 30.3 Å². The van der Waals surface area contributed by atoms with E-state index in [0.29, 0.717) is 61.0 Å². The van der Waals surface area contributed by atoms with Crippen LogP contribution in [0, 0.1) is 0 Å². The van der Waals surface area contributed by atoms with Gasteiger partial charge in [-0.25, -0.2) is 13.8 Å². The Hall–Kier alpha value is -2.89. The number of anilines is 2. The molecule has 0 amide bonds. The molecule has 9 nitrogen and oxygen atoms in total. The number of nitrogens with one attached hydrogen (secondary N) is 1. The van der Waals surface area contributed by atoms with Crippen molar-refractivity contribution in [2.75, 3.05) is 62.8 Å². The summed E-state index contributed by atoms with van der Waals surface area (Å²) >= 11 is 0. The molecule has 0 bridgehead atoms. The van der Waals surface area contributed by atoms with Crippen LogP contribution in [0.5, 0.6) is 0 Å². The van der Waals surface area contributed by atoms with Crippen molar-refractivity contribution in [1.82, 2.24) is 24.4 Å². The number of ether oxygens (including phenoxy) is 2. The smallest absolute Gasteiger partial charge is 0.296 e. The highest BCUT2D eigenvalue weighted by Gasteiger charge is 2.26. The first-order chi connectivity index (χ1) is 19.6. The van der Waals surface area contributed by atoms with Crippen LogP contribution < -0.4 is 10.2 Å². The van der Waals surface area contributed by atoms with E-state index in [-0.39, 0.29) is 11.9 Å². The van der Waals surface area contributed by atoms with Crippen molar-refractivity contribution in [3.63, 3.8) is 0 Å². The molecule has 4 heterocycles. The Balaban J connectivity index is 1.16. The summed E-state index contributed by atoms with van der Waals surface area (Å²) in [7, 11) is 0. The molecule has 0 unspecified atom stereocenters. The second kappa shape index (κ2) is 12.7. The van der Waals surface area contributed by atoms with Gasteiger partial charge in [0.25, 0.3) is 6.43 Å². The van der Waals surface area contributed by atoms with E-state index in [2.05, 4.69) is 15.2 Å². The number of aromatic nitrogens is 4. The number of fused-ring (bicyclic) bond motifs is 1. The standard InChI is InChI=1S/C29H39F2N7O2/c30-27(31)28-33-23-6-1-2-7-24(23)38(28)26-20-25(34-29(35-26)37-15-18-39-19-16-37)32-21-8-10-22(11-9-21)40-17-5-14-36-12-3-4-13-36/h1-2,6-7,20-22,27H,3-5,8-19H2,(H,32,34,35)/t21-,22-. The first-order valence-electron chi connectivity index (χ1n) is 14.7. The fourth-order valence-electron chi connectivity index (χ4n) is 6.07.